The largest absolute Gasteiger partial charge is 0.495 e. The molecular formula is C15H19BrN2O2S. The molecule has 1 aromatic carbocycles. The second-order valence-corrected chi connectivity index (χ2v) is 6.34. The minimum Gasteiger partial charge on any atom is -0.495 e. The Morgan fingerprint density at radius 3 is 2.62 bits per heavy atom. The monoisotopic (exact) mass is 370 g/mol. The molecule has 0 aliphatic heterocycles. The zero-order valence-corrected chi connectivity index (χ0v) is 15.0. The van der Waals surface area contributed by atoms with E-state index < -0.39 is 0 Å². The first-order valence-corrected chi connectivity index (χ1v) is 8.35. The number of rotatable bonds is 6. The van der Waals surface area contributed by atoms with E-state index >= 15 is 0 Å². The van der Waals surface area contributed by atoms with Crippen LogP contribution in [0.1, 0.15) is 29.2 Å². The summed E-state index contributed by atoms with van der Waals surface area (Å²) in [4.78, 5) is 4.61. The van der Waals surface area contributed by atoms with Crippen molar-refractivity contribution in [3.8, 4) is 11.5 Å². The third kappa shape index (κ3) is 3.39. The van der Waals surface area contributed by atoms with Gasteiger partial charge >= 0.3 is 0 Å². The zero-order valence-electron chi connectivity index (χ0n) is 12.6. The van der Waals surface area contributed by atoms with Crippen molar-refractivity contribution in [1.29, 1.82) is 0 Å². The molecule has 21 heavy (non-hydrogen) atoms. The lowest BCUT2D eigenvalue weighted by atomic mass is 10.0. The van der Waals surface area contributed by atoms with Gasteiger partial charge in [-0.25, -0.2) is 4.98 Å². The lowest BCUT2D eigenvalue weighted by molar-refractivity contribution is 0.382. The van der Waals surface area contributed by atoms with Crippen LogP contribution in [0.5, 0.6) is 11.5 Å². The predicted molar refractivity (Wildman–Crippen MR) is 89.6 cm³/mol. The highest BCUT2D eigenvalue weighted by Gasteiger charge is 2.23. The lowest BCUT2D eigenvalue weighted by Crippen LogP contribution is -2.23. The SMILES string of the molecule is CCNC(c1csc(C)n1)c1ccc(OC)c(Br)c1OC. The second kappa shape index (κ2) is 7.24. The van der Waals surface area contributed by atoms with Crippen molar-refractivity contribution < 1.29 is 9.47 Å². The van der Waals surface area contributed by atoms with Gasteiger partial charge in [-0.05, 0) is 41.5 Å². The van der Waals surface area contributed by atoms with Crippen LogP contribution in [-0.4, -0.2) is 25.7 Å². The number of aryl methyl sites for hydroxylation is 1. The number of methoxy groups -OCH3 is 2. The highest BCUT2D eigenvalue weighted by molar-refractivity contribution is 9.10. The number of hydrogen-bond acceptors (Lipinski definition) is 5. The number of benzene rings is 1. The van der Waals surface area contributed by atoms with Gasteiger partial charge in [0.05, 0.1) is 31.0 Å². The van der Waals surface area contributed by atoms with Gasteiger partial charge in [-0.15, -0.1) is 11.3 Å². The van der Waals surface area contributed by atoms with E-state index in [0.29, 0.717) is 0 Å². The maximum atomic E-state index is 5.58. The Kier molecular flexibility index (Phi) is 5.61. The van der Waals surface area contributed by atoms with E-state index in [1.54, 1.807) is 25.6 Å². The van der Waals surface area contributed by atoms with Gasteiger partial charge < -0.3 is 14.8 Å². The molecule has 0 amide bonds. The zero-order chi connectivity index (χ0) is 15.4. The molecule has 6 heteroatoms. The first kappa shape index (κ1) is 16.3. The highest BCUT2D eigenvalue weighted by atomic mass is 79.9. The average Bonchev–Trinajstić information content (AvgIpc) is 2.91. The van der Waals surface area contributed by atoms with Gasteiger partial charge in [0, 0.05) is 10.9 Å². The van der Waals surface area contributed by atoms with Crippen LogP contribution in [0.3, 0.4) is 0 Å². The van der Waals surface area contributed by atoms with E-state index in [1.165, 1.54) is 0 Å². The summed E-state index contributed by atoms with van der Waals surface area (Å²) in [6, 6.07) is 3.95. The summed E-state index contributed by atoms with van der Waals surface area (Å²) >= 11 is 5.20. The van der Waals surface area contributed by atoms with Gasteiger partial charge in [-0.3, -0.25) is 0 Å². The van der Waals surface area contributed by atoms with Crippen LogP contribution in [0.25, 0.3) is 0 Å². The summed E-state index contributed by atoms with van der Waals surface area (Å²) in [7, 11) is 3.31. The molecule has 0 bridgehead atoms. The average molecular weight is 371 g/mol. The fraction of sp³-hybridized carbons (Fsp3) is 0.400. The Bertz CT molecular complexity index is 616. The smallest absolute Gasteiger partial charge is 0.141 e. The Morgan fingerprint density at radius 2 is 2.10 bits per heavy atom. The number of nitrogens with zero attached hydrogens (tertiary/aromatic N) is 1. The molecule has 0 saturated heterocycles. The van der Waals surface area contributed by atoms with Crippen LogP contribution < -0.4 is 14.8 Å². The van der Waals surface area contributed by atoms with Gasteiger partial charge in [-0.2, -0.15) is 0 Å². The molecule has 2 rings (SSSR count). The van der Waals surface area contributed by atoms with Crippen molar-refractivity contribution in [2.45, 2.75) is 19.9 Å². The van der Waals surface area contributed by atoms with Crippen molar-refractivity contribution in [2.24, 2.45) is 0 Å². The normalized spacial score (nSPS) is 12.2. The van der Waals surface area contributed by atoms with E-state index in [4.69, 9.17) is 9.47 Å². The van der Waals surface area contributed by atoms with E-state index in [-0.39, 0.29) is 6.04 Å². The van der Waals surface area contributed by atoms with Crippen LogP contribution in [0, 0.1) is 6.92 Å². The van der Waals surface area contributed by atoms with Crippen molar-refractivity contribution in [3.05, 3.63) is 38.3 Å². The Hall–Kier alpha value is -1.11. The summed E-state index contributed by atoms with van der Waals surface area (Å²) in [5, 5.41) is 6.61. The summed E-state index contributed by atoms with van der Waals surface area (Å²) < 4.78 is 11.7. The maximum Gasteiger partial charge on any atom is 0.141 e. The third-order valence-corrected chi connectivity index (χ3v) is 4.71. The van der Waals surface area contributed by atoms with Gasteiger partial charge in [-0.1, -0.05) is 6.92 Å². The number of halogens is 1. The summed E-state index contributed by atoms with van der Waals surface area (Å²) in [6.07, 6.45) is 0. The highest BCUT2D eigenvalue weighted by Crippen LogP contribution is 2.41. The molecule has 0 fully saturated rings. The van der Waals surface area contributed by atoms with Crippen molar-refractivity contribution in [1.82, 2.24) is 10.3 Å². The van der Waals surface area contributed by atoms with E-state index in [9.17, 15) is 0 Å². The first-order valence-electron chi connectivity index (χ1n) is 6.68. The van der Waals surface area contributed by atoms with Gasteiger partial charge in [0.15, 0.2) is 0 Å². The molecular weight excluding hydrogens is 352 g/mol. The fourth-order valence-electron chi connectivity index (χ4n) is 2.24. The first-order chi connectivity index (χ1) is 10.1. The molecule has 2 aromatic rings. The lowest BCUT2D eigenvalue weighted by Gasteiger charge is -2.21. The molecule has 0 spiro atoms. The molecule has 0 radical (unpaired) electrons. The minimum absolute atomic E-state index is 0.00268. The Morgan fingerprint density at radius 1 is 1.33 bits per heavy atom. The van der Waals surface area contributed by atoms with E-state index in [0.717, 1.165) is 38.8 Å². The molecule has 1 N–H and O–H groups in total. The Labute approximate surface area is 137 Å². The van der Waals surface area contributed by atoms with Gasteiger partial charge in [0.1, 0.15) is 16.0 Å². The molecule has 114 valence electrons. The maximum absolute atomic E-state index is 5.58. The van der Waals surface area contributed by atoms with Crippen LogP contribution in [-0.2, 0) is 0 Å². The number of nitrogens with one attached hydrogen (secondary N) is 1. The number of aromatic nitrogens is 1. The molecule has 0 aliphatic carbocycles. The van der Waals surface area contributed by atoms with Crippen molar-refractivity contribution in [3.63, 3.8) is 0 Å². The number of thiazole rings is 1. The summed E-state index contributed by atoms with van der Waals surface area (Å²) in [5.41, 5.74) is 2.05. The molecule has 1 unspecified atom stereocenters. The second-order valence-electron chi connectivity index (χ2n) is 4.49. The molecule has 0 saturated carbocycles. The third-order valence-electron chi connectivity index (χ3n) is 3.17. The predicted octanol–water partition coefficient (Wildman–Crippen LogP) is 3.93. The molecule has 0 aliphatic rings. The molecule has 1 aromatic heterocycles. The van der Waals surface area contributed by atoms with Crippen LogP contribution >= 0.6 is 27.3 Å². The van der Waals surface area contributed by atoms with Gasteiger partial charge in [0.2, 0.25) is 0 Å². The van der Waals surface area contributed by atoms with Crippen molar-refractivity contribution >= 4 is 27.3 Å². The standard InChI is InChI=1S/C15H19BrN2O2S/c1-5-17-14(11-8-21-9(2)18-11)10-6-7-12(19-3)13(16)15(10)20-4/h6-8,14,17H,5H2,1-4H3. The fourth-order valence-corrected chi connectivity index (χ4v) is 3.56. The minimum atomic E-state index is -0.00268. The van der Waals surface area contributed by atoms with Crippen LogP contribution in [0.4, 0.5) is 0 Å². The Balaban J connectivity index is 2.52. The topological polar surface area (TPSA) is 43.4 Å². The van der Waals surface area contributed by atoms with E-state index in [1.807, 2.05) is 19.1 Å². The van der Waals surface area contributed by atoms with Gasteiger partial charge in [0.25, 0.3) is 0 Å². The number of hydrogen-bond donors (Lipinski definition) is 1. The number of ether oxygens (including phenoxy) is 2. The van der Waals surface area contributed by atoms with Crippen molar-refractivity contribution in [2.75, 3.05) is 20.8 Å². The molecule has 1 atom stereocenters. The summed E-state index contributed by atoms with van der Waals surface area (Å²) in [5.74, 6) is 1.52. The van der Waals surface area contributed by atoms with Crippen LogP contribution in [0.2, 0.25) is 0 Å². The molecule has 1 heterocycles. The molecule has 4 nitrogen and oxygen atoms in total. The summed E-state index contributed by atoms with van der Waals surface area (Å²) in [6.45, 7) is 4.93. The van der Waals surface area contributed by atoms with E-state index in [2.05, 4.69) is 38.5 Å². The quantitative estimate of drug-likeness (QED) is 0.836. The van der Waals surface area contributed by atoms with Crippen LogP contribution in [0.15, 0.2) is 22.0 Å².